The Hall–Kier alpha value is -0.760. The van der Waals surface area contributed by atoms with E-state index in [1.165, 1.54) is 34.7 Å². The third-order valence-electron chi connectivity index (χ3n) is 4.38. The van der Waals surface area contributed by atoms with Crippen LogP contribution < -0.4 is 10.0 Å². The van der Waals surface area contributed by atoms with Gasteiger partial charge in [-0.15, -0.1) is 46.7 Å². The molecule has 1 aliphatic rings. The van der Waals surface area contributed by atoms with E-state index in [1.54, 1.807) is 28.8 Å². The number of thiophene rings is 1. The summed E-state index contributed by atoms with van der Waals surface area (Å²) in [6.45, 7) is 4.09. The van der Waals surface area contributed by atoms with Crippen molar-refractivity contribution >= 4 is 62.6 Å². The van der Waals surface area contributed by atoms with Crippen molar-refractivity contribution in [2.45, 2.75) is 43.4 Å². The molecule has 0 aliphatic heterocycles. The Morgan fingerprint density at radius 2 is 2.14 bits per heavy atom. The second kappa shape index (κ2) is 11.6. The molecule has 3 rings (SSSR count). The molecule has 2 heterocycles. The first-order valence-corrected chi connectivity index (χ1v) is 12.7. The largest absolute Gasteiger partial charge is 0.357 e. The van der Waals surface area contributed by atoms with E-state index in [0.29, 0.717) is 17.3 Å². The zero-order valence-corrected chi connectivity index (χ0v) is 21.5. The maximum Gasteiger partial charge on any atom is 0.250 e. The first-order valence-electron chi connectivity index (χ1n) is 9.49. The van der Waals surface area contributed by atoms with Gasteiger partial charge in [0.05, 0.1) is 18.8 Å². The molecule has 0 bridgehead atoms. The van der Waals surface area contributed by atoms with Gasteiger partial charge in [0.2, 0.25) is 10.0 Å². The summed E-state index contributed by atoms with van der Waals surface area (Å²) in [6, 6.07) is 3.33. The van der Waals surface area contributed by atoms with Crippen molar-refractivity contribution in [3.63, 3.8) is 0 Å². The van der Waals surface area contributed by atoms with Crippen LogP contribution in [0, 0.1) is 0 Å². The summed E-state index contributed by atoms with van der Waals surface area (Å²) in [4.78, 5) is 12.8. The molecule has 0 atom stereocenters. The van der Waals surface area contributed by atoms with Crippen LogP contribution in [0.5, 0.6) is 0 Å². The molecule has 29 heavy (non-hydrogen) atoms. The Bertz CT molecular complexity index is 873. The third-order valence-corrected chi connectivity index (χ3v) is 8.38. The number of sulfonamides is 1. The highest BCUT2D eigenvalue weighted by Crippen LogP contribution is 2.27. The summed E-state index contributed by atoms with van der Waals surface area (Å²) in [7, 11) is -1.46. The molecule has 7 nitrogen and oxygen atoms in total. The summed E-state index contributed by atoms with van der Waals surface area (Å²) >= 11 is 3.01. The number of nitrogens with zero attached hydrogens (tertiary/aromatic N) is 3. The summed E-state index contributed by atoms with van der Waals surface area (Å²) in [5.41, 5.74) is 1.27. The van der Waals surface area contributed by atoms with Crippen molar-refractivity contribution < 1.29 is 8.42 Å². The molecule has 0 radical (unpaired) electrons. The average molecular weight is 570 g/mol. The molecular weight excluding hydrogens is 541 g/mol. The molecule has 11 heteroatoms. The number of hydrogen-bond donors (Lipinski definition) is 2. The van der Waals surface area contributed by atoms with Crippen LogP contribution in [0.15, 0.2) is 26.7 Å². The zero-order valence-electron chi connectivity index (χ0n) is 16.7. The number of aryl methyl sites for hydroxylation is 2. The topological polar surface area (TPSA) is 86.7 Å². The van der Waals surface area contributed by atoms with Gasteiger partial charge in [0, 0.05) is 25.0 Å². The van der Waals surface area contributed by atoms with E-state index in [1.807, 2.05) is 18.9 Å². The molecule has 2 aromatic rings. The molecule has 2 N–H and O–H groups in total. The zero-order chi connectivity index (χ0) is 20.0. The Labute approximate surface area is 198 Å². The second-order valence-corrected chi connectivity index (χ2v) is 10.7. The minimum absolute atomic E-state index is 0. The first kappa shape index (κ1) is 24.5. The molecule has 1 aliphatic carbocycles. The fourth-order valence-electron chi connectivity index (χ4n) is 3.05. The standard InChI is InChI=1S/C18H27N5O2S3.HI/c1-3-19-18(20-10-11-21-28(24,25)17-9-6-12-26-17)23(2)13-16-22-14-7-4-5-8-15(14)27-16;/h6,9,12,21H,3-5,7-8,10-11,13H2,1-2H3,(H,19,20);1H. The Balaban J connectivity index is 0.00000300. The van der Waals surface area contributed by atoms with Crippen LogP contribution in [-0.2, 0) is 29.4 Å². The van der Waals surface area contributed by atoms with E-state index in [0.717, 1.165) is 30.4 Å². The monoisotopic (exact) mass is 569 g/mol. The van der Waals surface area contributed by atoms with Crippen LogP contribution in [0.25, 0.3) is 0 Å². The molecule has 0 saturated heterocycles. The molecule has 0 aromatic carbocycles. The predicted octanol–water partition coefficient (Wildman–Crippen LogP) is 3.08. The van der Waals surface area contributed by atoms with Crippen molar-refractivity contribution in [2.24, 2.45) is 4.99 Å². The smallest absolute Gasteiger partial charge is 0.250 e. The molecule has 0 amide bonds. The quantitative estimate of drug-likeness (QED) is 0.221. The van der Waals surface area contributed by atoms with Gasteiger partial charge in [0.15, 0.2) is 5.96 Å². The highest BCUT2D eigenvalue weighted by molar-refractivity contribution is 14.0. The van der Waals surface area contributed by atoms with Crippen molar-refractivity contribution in [3.8, 4) is 0 Å². The summed E-state index contributed by atoms with van der Waals surface area (Å²) in [5.74, 6) is 0.756. The summed E-state index contributed by atoms with van der Waals surface area (Å²) in [6.07, 6.45) is 4.73. The van der Waals surface area contributed by atoms with Gasteiger partial charge >= 0.3 is 0 Å². The van der Waals surface area contributed by atoms with E-state index >= 15 is 0 Å². The van der Waals surface area contributed by atoms with Crippen LogP contribution >= 0.6 is 46.7 Å². The molecule has 0 fully saturated rings. The normalized spacial score (nSPS) is 14.2. The maximum atomic E-state index is 12.2. The highest BCUT2D eigenvalue weighted by atomic mass is 127. The highest BCUT2D eigenvalue weighted by Gasteiger charge is 2.17. The van der Waals surface area contributed by atoms with Crippen molar-refractivity contribution in [1.82, 2.24) is 19.9 Å². The average Bonchev–Trinajstić information content (AvgIpc) is 3.33. The number of aromatic nitrogens is 1. The van der Waals surface area contributed by atoms with Crippen LogP contribution in [-0.4, -0.2) is 50.9 Å². The van der Waals surface area contributed by atoms with E-state index < -0.39 is 10.0 Å². The van der Waals surface area contributed by atoms with Crippen molar-refractivity contribution in [2.75, 3.05) is 26.7 Å². The minimum atomic E-state index is -3.44. The lowest BCUT2D eigenvalue weighted by Gasteiger charge is -2.21. The number of rotatable bonds is 8. The molecule has 0 spiro atoms. The Morgan fingerprint density at radius 1 is 1.34 bits per heavy atom. The molecule has 2 aromatic heterocycles. The lowest BCUT2D eigenvalue weighted by atomic mass is 10.0. The first-order chi connectivity index (χ1) is 13.5. The Morgan fingerprint density at radius 3 is 2.83 bits per heavy atom. The van der Waals surface area contributed by atoms with E-state index in [2.05, 4.69) is 15.0 Å². The number of aliphatic imine (C=N–C) groups is 1. The molecule has 162 valence electrons. The van der Waals surface area contributed by atoms with Crippen LogP contribution in [0.3, 0.4) is 0 Å². The third kappa shape index (κ3) is 6.88. The molecule has 0 saturated carbocycles. The van der Waals surface area contributed by atoms with E-state index in [4.69, 9.17) is 4.98 Å². The van der Waals surface area contributed by atoms with Crippen LogP contribution in [0.1, 0.15) is 35.3 Å². The minimum Gasteiger partial charge on any atom is -0.357 e. The van der Waals surface area contributed by atoms with Gasteiger partial charge in [0.25, 0.3) is 0 Å². The van der Waals surface area contributed by atoms with E-state index in [9.17, 15) is 8.42 Å². The van der Waals surface area contributed by atoms with Crippen LogP contribution in [0.2, 0.25) is 0 Å². The summed E-state index contributed by atoms with van der Waals surface area (Å²) in [5, 5.41) is 6.13. The second-order valence-electron chi connectivity index (χ2n) is 6.61. The number of guanidine groups is 1. The van der Waals surface area contributed by atoms with Gasteiger partial charge in [-0.3, -0.25) is 4.99 Å². The van der Waals surface area contributed by atoms with Crippen molar-refractivity contribution in [1.29, 1.82) is 0 Å². The number of fused-ring (bicyclic) bond motifs is 1. The number of hydrogen-bond acceptors (Lipinski definition) is 6. The van der Waals surface area contributed by atoms with Gasteiger partial charge in [-0.1, -0.05) is 6.07 Å². The predicted molar refractivity (Wildman–Crippen MR) is 131 cm³/mol. The Kier molecular flexibility index (Phi) is 9.79. The van der Waals surface area contributed by atoms with E-state index in [-0.39, 0.29) is 30.5 Å². The maximum absolute atomic E-state index is 12.2. The fourth-order valence-corrected chi connectivity index (χ4v) is 6.32. The fraction of sp³-hybridized carbons (Fsp3) is 0.556. The van der Waals surface area contributed by atoms with Gasteiger partial charge in [-0.2, -0.15) is 0 Å². The summed E-state index contributed by atoms with van der Waals surface area (Å²) < 4.78 is 27.2. The van der Waals surface area contributed by atoms with Crippen LogP contribution in [0.4, 0.5) is 0 Å². The lowest BCUT2D eigenvalue weighted by Crippen LogP contribution is -2.39. The number of halogens is 1. The number of thiazole rings is 1. The van der Waals surface area contributed by atoms with Gasteiger partial charge in [0.1, 0.15) is 9.22 Å². The molecular formula is C18H28IN5O2S3. The van der Waals surface area contributed by atoms with Crippen molar-refractivity contribution in [3.05, 3.63) is 33.1 Å². The number of nitrogens with one attached hydrogen (secondary N) is 2. The SMILES string of the molecule is CCNC(=NCCNS(=O)(=O)c1cccs1)N(C)Cc1nc2c(s1)CCCC2.I. The van der Waals surface area contributed by atoms with Gasteiger partial charge in [-0.05, 0) is 44.1 Å². The van der Waals surface area contributed by atoms with Gasteiger partial charge in [-0.25, -0.2) is 18.1 Å². The van der Waals surface area contributed by atoms with Gasteiger partial charge < -0.3 is 10.2 Å². The lowest BCUT2D eigenvalue weighted by molar-refractivity contribution is 0.474. The molecule has 0 unspecified atom stereocenters.